The molecule has 2 aliphatic heterocycles. The van der Waals surface area contributed by atoms with E-state index in [2.05, 4.69) is 10.1 Å². The quantitative estimate of drug-likeness (QED) is 0.687. The molecular weight excluding hydrogens is 400 g/mol. The number of benzene rings is 1. The van der Waals surface area contributed by atoms with Gasteiger partial charge in [0.2, 0.25) is 6.79 Å². The third-order valence-corrected chi connectivity index (χ3v) is 6.52. The number of pyridine rings is 1. The van der Waals surface area contributed by atoms with Crippen molar-refractivity contribution in [3.8, 4) is 17.2 Å². The molecule has 1 aromatic carbocycles. The first kappa shape index (κ1) is 18.4. The summed E-state index contributed by atoms with van der Waals surface area (Å²) in [5.74, 6) is 2.55. The Bertz CT molecular complexity index is 1150. The zero-order valence-electron chi connectivity index (χ0n) is 16.8. The van der Waals surface area contributed by atoms with E-state index in [-0.39, 0.29) is 24.7 Å². The first-order chi connectivity index (χ1) is 15.1. The summed E-state index contributed by atoms with van der Waals surface area (Å²) in [6.45, 7) is 1.52. The highest BCUT2D eigenvalue weighted by atomic mass is 16.7. The van der Waals surface area contributed by atoms with Crippen molar-refractivity contribution < 1.29 is 24.1 Å². The van der Waals surface area contributed by atoms with E-state index in [1.165, 1.54) is 6.33 Å². The average Bonchev–Trinajstić information content (AvgIpc) is 3.51. The number of aliphatic hydroxyl groups excluding tert-OH is 1. The normalized spacial score (nSPS) is 26.8. The highest BCUT2D eigenvalue weighted by Crippen LogP contribution is 2.40. The number of nitrogens with zero attached hydrogens (tertiary/aromatic N) is 4. The lowest BCUT2D eigenvalue weighted by Gasteiger charge is -2.35. The van der Waals surface area contributed by atoms with Gasteiger partial charge >= 0.3 is 0 Å². The number of rotatable bonds is 3. The Morgan fingerprint density at radius 3 is 2.84 bits per heavy atom. The molecule has 4 atom stereocenters. The highest BCUT2D eigenvalue weighted by Gasteiger charge is 2.44. The molecular formula is C22H22N4O5. The molecule has 3 aromatic rings. The summed E-state index contributed by atoms with van der Waals surface area (Å²) >= 11 is 0. The Hall–Kier alpha value is -3.33. The third-order valence-electron chi connectivity index (χ3n) is 6.52. The highest BCUT2D eigenvalue weighted by molar-refractivity contribution is 5.94. The fourth-order valence-electron chi connectivity index (χ4n) is 4.93. The Morgan fingerprint density at radius 1 is 1.10 bits per heavy atom. The topological polar surface area (TPSA) is 98.4 Å². The second-order valence-corrected chi connectivity index (χ2v) is 8.42. The van der Waals surface area contributed by atoms with E-state index in [4.69, 9.17) is 14.2 Å². The van der Waals surface area contributed by atoms with Crippen LogP contribution in [-0.2, 0) is 0 Å². The maximum absolute atomic E-state index is 13.1. The Balaban J connectivity index is 1.14. The van der Waals surface area contributed by atoms with Crippen LogP contribution in [0, 0.1) is 11.8 Å². The van der Waals surface area contributed by atoms with Crippen LogP contribution in [0.25, 0.3) is 5.65 Å². The van der Waals surface area contributed by atoms with Crippen LogP contribution in [0.5, 0.6) is 17.2 Å². The standard InChI is InChI=1S/C22H22N4O5/c27-17-5-14-8-25(22(28)13-1-4-21-23-11-24-26(21)10-13)9-15(14)6-19(17)31-16-2-3-18-20(7-16)30-12-29-18/h1-4,7,10-11,14-15,17,19,27H,5-6,8-9,12H2/t14-,15+,17+,19+/m0/s1. The van der Waals surface area contributed by atoms with Crippen molar-refractivity contribution in [2.75, 3.05) is 19.9 Å². The SMILES string of the molecule is O=C(c1ccc2ncnn2c1)N1C[C@H]2C[C@@H](Oc3ccc4c(c3)OCO4)[C@H](O)C[C@H]2C1. The lowest BCUT2D eigenvalue weighted by Crippen LogP contribution is -2.42. The summed E-state index contributed by atoms with van der Waals surface area (Å²) < 4.78 is 18.5. The lowest BCUT2D eigenvalue weighted by atomic mass is 9.78. The maximum Gasteiger partial charge on any atom is 0.255 e. The molecule has 9 nitrogen and oxygen atoms in total. The number of carbonyl (C=O) groups is 1. The second-order valence-electron chi connectivity index (χ2n) is 8.42. The van der Waals surface area contributed by atoms with Crippen LogP contribution in [0.15, 0.2) is 42.9 Å². The molecule has 9 heteroatoms. The molecule has 4 heterocycles. The summed E-state index contributed by atoms with van der Waals surface area (Å²) in [7, 11) is 0. The molecule has 1 saturated carbocycles. The molecule has 31 heavy (non-hydrogen) atoms. The lowest BCUT2D eigenvalue weighted by molar-refractivity contribution is -0.0232. The predicted molar refractivity (Wildman–Crippen MR) is 108 cm³/mol. The molecule has 3 aliphatic rings. The molecule has 1 saturated heterocycles. The summed E-state index contributed by atoms with van der Waals surface area (Å²) in [6.07, 6.45) is 3.61. The minimum absolute atomic E-state index is 0.0190. The number of likely N-dealkylation sites (tertiary alicyclic amines) is 1. The molecule has 1 N–H and O–H groups in total. The third kappa shape index (κ3) is 3.25. The fraction of sp³-hybridized carbons (Fsp3) is 0.409. The molecule has 0 spiro atoms. The molecule has 0 bridgehead atoms. The zero-order valence-corrected chi connectivity index (χ0v) is 16.8. The van der Waals surface area contributed by atoms with Crippen LogP contribution >= 0.6 is 0 Å². The largest absolute Gasteiger partial charge is 0.488 e. The van der Waals surface area contributed by atoms with Gasteiger partial charge in [0.05, 0.1) is 11.7 Å². The van der Waals surface area contributed by atoms with Gasteiger partial charge in [-0.05, 0) is 48.9 Å². The van der Waals surface area contributed by atoms with Crippen LogP contribution in [0.4, 0.5) is 0 Å². The van der Waals surface area contributed by atoms with E-state index in [0.29, 0.717) is 60.3 Å². The minimum atomic E-state index is -0.576. The number of ether oxygens (including phenoxy) is 3. The molecule has 0 radical (unpaired) electrons. The summed E-state index contributed by atoms with van der Waals surface area (Å²) in [4.78, 5) is 19.1. The molecule has 1 amide bonds. The average molecular weight is 422 g/mol. The number of hydrogen-bond donors (Lipinski definition) is 1. The van der Waals surface area contributed by atoms with Gasteiger partial charge in [-0.1, -0.05) is 0 Å². The number of fused-ring (bicyclic) bond motifs is 3. The zero-order chi connectivity index (χ0) is 20.9. The van der Waals surface area contributed by atoms with Gasteiger partial charge < -0.3 is 24.2 Å². The number of amides is 1. The van der Waals surface area contributed by atoms with E-state index < -0.39 is 6.10 Å². The van der Waals surface area contributed by atoms with Crippen molar-refractivity contribution in [3.63, 3.8) is 0 Å². The molecule has 1 aliphatic carbocycles. The number of hydrogen-bond acceptors (Lipinski definition) is 7. The van der Waals surface area contributed by atoms with Gasteiger partial charge in [-0.15, -0.1) is 0 Å². The number of aromatic nitrogens is 3. The van der Waals surface area contributed by atoms with Crippen LogP contribution in [0.2, 0.25) is 0 Å². The van der Waals surface area contributed by atoms with Crippen LogP contribution in [0.3, 0.4) is 0 Å². The van der Waals surface area contributed by atoms with Crippen LogP contribution in [0.1, 0.15) is 23.2 Å². The molecule has 160 valence electrons. The first-order valence-electron chi connectivity index (χ1n) is 10.5. The van der Waals surface area contributed by atoms with E-state index in [1.807, 2.05) is 17.0 Å². The number of carbonyl (C=O) groups excluding carboxylic acids is 1. The fourth-order valence-corrected chi connectivity index (χ4v) is 4.93. The van der Waals surface area contributed by atoms with E-state index >= 15 is 0 Å². The Kier molecular flexibility index (Phi) is 4.24. The van der Waals surface area contributed by atoms with E-state index in [9.17, 15) is 9.90 Å². The van der Waals surface area contributed by atoms with Crippen molar-refractivity contribution in [2.24, 2.45) is 11.8 Å². The molecule has 0 unspecified atom stereocenters. The van der Waals surface area contributed by atoms with Crippen molar-refractivity contribution in [3.05, 3.63) is 48.4 Å². The van der Waals surface area contributed by atoms with Crippen LogP contribution in [-0.4, -0.2) is 62.6 Å². The smallest absolute Gasteiger partial charge is 0.255 e. The van der Waals surface area contributed by atoms with Crippen molar-refractivity contribution >= 4 is 11.6 Å². The van der Waals surface area contributed by atoms with Gasteiger partial charge in [0.25, 0.3) is 5.91 Å². The molecule has 2 aromatic heterocycles. The van der Waals surface area contributed by atoms with Gasteiger partial charge in [-0.2, -0.15) is 5.10 Å². The van der Waals surface area contributed by atoms with Gasteiger partial charge in [0.15, 0.2) is 17.1 Å². The summed E-state index contributed by atoms with van der Waals surface area (Å²) in [6, 6.07) is 9.03. The monoisotopic (exact) mass is 422 g/mol. The predicted octanol–water partition coefficient (Wildman–Crippen LogP) is 1.75. The minimum Gasteiger partial charge on any atom is -0.488 e. The van der Waals surface area contributed by atoms with Crippen molar-refractivity contribution in [2.45, 2.75) is 25.0 Å². The van der Waals surface area contributed by atoms with Crippen molar-refractivity contribution in [1.29, 1.82) is 0 Å². The molecule has 2 fully saturated rings. The van der Waals surface area contributed by atoms with Gasteiger partial charge in [-0.3, -0.25) is 4.79 Å². The van der Waals surface area contributed by atoms with Crippen LogP contribution < -0.4 is 14.2 Å². The number of aliphatic hydroxyl groups is 1. The van der Waals surface area contributed by atoms with E-state index in [0.717, 1.165) is 0 Å². The van der Waals surface area contributed by atoms with Gasteiger partial charge in [0, 0.05) is 25.4 Å². The first-order valence-corrected chi connectivity index (χ1v) is 10.5. The Labute approximate surface area is 178 Å². The summed E-state index contributed by atoms with van der Waals surface area (Å²) in [5.41, 5.74) is 1.30. The summed E-state index contributed by atoms with van der Waals surface area (Å²) in [5, 5.41) is 14.8. The van der Waals surface area contributed by atoms with Gasteiger partial charge in [0.1, 0.15) is 18.2 Å². The van der Waals surface area contributed by atoms with Crippen molar-refractivity contribution in [1.82, 2.24) is 19.5 Å². The van der Waals surface area contributed by atoms with Gasteiger partial charge in [-0.25, -0.2) is 9.50 Å². The van der Waals surface area contributed by atoms with E-state index in [1.54, 1.807) is 28.9 Å². The second kappa shape index (κ2) is 7.12. The molecule has 6 rings (SSSR count). The Morgan fingerprint density at radius 2 is 1.94 bits per heavy atom. The maximum atomic E-state index is 13.1.